The lowest BCUT2D eigenvalue weighted by atomic mass is 9.89. The monoisotopic (exact) mass is 1250 g/mol. The van der Waals surface area contributed by atoms with Gasteiger partial charge in [0.2, 0.25) is 0 Å². The Morgan fingerprint density at radius 1 is 0.625 bits per heavy atom. The van der Waals surface area contributed by atoms with E-state index in [1.807, 2.05) is 4.93 Å². The highest BCUT2D eigenvalue weighted by Gasteiger charge is 2.43. The van der Waals surface area contributed by atoms with E-state index in [0.717, 1.165) is 12.1 Å². The van der Waals surface area contributed by atoms with Crippen molar-refractivity contribution < 1.29 is 101 Å². The number of aromatic nitrogens is 4. The van der Waals surface area contributed by atoms with E-state index in [2.05, 4.69) is 37.5 Å². The fourth-order valence-electron chi connectivity index (χ4n) is 8.81. The lowest BCUT2D eigenvalue weighted by Crippen LogP contribution is -3.00. The van der Waals surface area contributed by atoms with Crippen LogP contribution in [0.15, 0.2) is 97.6 Å². The third kappa shape index (κ3) is 13.0. The number of hydrogen-bond donors (Lipinski definition) is 2. The van der Waals surface area contributed by atoms with E-state index in [4.69, 9.17) is 0 Å². The fraction of sp³-hybridized carbons (Fsp3) is 0.375. The third-order valence-corrected chi connectivity index (χ3v) is 12.0. The molecule has 72 heavy (non-hydrogen) atoms. The molecule has 4 aromatic heterocycles. The fourth-order valence-corrected chi connectivity index (χ4v) is 8.81. The van der Waals surface area contributed by atoms with Crippen LogP contribution in [0.2, 0.25) is 0 Å². The van der Waals surface area contributed by atoms with Crippen molar-refractivity contribution in [2.24, 2.45) is 7.05 Å². The molecule has 8 rings (SSSR count). The third-order valence-electron chi connectivity index (χ3n) is 12.0. The zero-order valence-corrected chi connectivity index (χ0v) is 42.2. The zero-order chi connectivity index (χ0) is 52.2. The number of para-hydroxylation sites is 2. The average molecular weight is 1250 g/mol. The van der Waals surface area contributed by atoms with Gasteiger partial charge in [0.1, 0.15) is 36.2 Å². The standard InChI is InChI=1S/C24H22F6N3O2.C23H19F6N3O2.CH3I.HI/c1-32-10-5-6-14(13-32)22(35)33-11-3-2-9-18(33)21(34)16-12-19(24(28,29)30)31-20-15(16)7-4-8-17(20)23(25,26)27;24-22(25,26)16-7-3-6-14-15(11-18(23(27,28)29)31-19(14)16)20(33)17-8-1-2-10-32(17)21(34)13-5-4-9-30-12-13;1-2;/h4-8,10,12-13,18,21,34H,2-3,9,11H2,1H3;3-7,9,11-12,17,20,33H,1-2,8,10H2;1H3;1H/q+1;;;/p-1/t18-,21+;17-,20+;;/m11../s1. The second-order valence-corrected chi connectivity index (χ2v) is 16.6. The van der Waals surface area contributed by atoms with Gasteiger partial charge in [-0.25, -0.2) is 14.5 Å². The molecule has 0 bridgehead atoms. The molecule has 0 saturated carbocycles. The summed E-state index contributed by atoms with van der Waals surface area (Å²) in [6, 6.07) is 11.4. The number of halogens is 14. The molecule has 2 N–H and O–H groups in total. The van der Waals surface area contributed by atoms with E-state index in [1.54, 1.807) is 42.2 Å². The summed E-state index contributed by atoms with van der Waals surface area (Å²) in [6.07, 6.45) is -14.3. The average Bonchev–Trinajstić information content (AvgIpc) is 3.34. The van der Waals surface area contributed by atoms with Crippen molar-refractivity contribution in [1.29, 1.82) is 0 Å². The first-order valence-electron chi connectivity index (χ1n) is 21.7. The van der Waals surface area contributed by atoms with Crippen LogP contribution in [0.3, 0.4) is 0 Å². The smallest absolute Gasteiger partial charge is 0.433 e. The van der Waals surface area contributed by atoms with E-state index in [1.165, 1.54) is 40.4 Å². The summed E-state index contributed by atoms with van der Waals surface area (Å²) < 4.78 is 165. The van der Waals surface area contributed by atoms with E-state index in [-0.39, 0.29) is 77.4 Å². The first-order valence-corrected chi connectivity index (χ1v) is 23.9. The number of aliphatic hydroxyl groups excluding tert-OH is 2. The number of carbonyl (C=O) groups is 2. The minimum absolute atomic E-state index is 0. The molecule has 0 aliphatic carbocycles. The van der Waals surface area contributed by atoms with Gasteiger partial charge in [-0.1, -0.05) is 46.9 Å². The number of pyridine rings is 4. The molecule has 10 nitrogen and oxygen atoms in total. The highest BCUT2D eigenvalue weighted by atomic mass is 127. The van der Waals surface area contributed by atoms with Crippen LogP contribution in [0.25, 0.3) is 21.8 Å². The number of aliphatic hydroxyl groups is 2. The van der Waals surface area contributed by atoms with Gasteiger partial charge in [-0.15, -0.1) is 0 Å². The summed E-state index contributed by atoms with van der Waals surface area (Å²) in [4.78, 5) is 41.4. The van der Waals surface area contributed by atoms with Gasteiger partial charge < -0.3 is 44.0 Å². The van der Waals surface area contributed by atoms with Gasteiger partial charge in [0, 0.05) is 42.3 Å². The largest absolute Gasteiger partial charge is 1.00 e. The SMILES string of the molecule is CI.C[n+]1cccc(C(=O)N2CCCC[C@@H]2[C@@H](O)c2cc(C(F)(F)F)nc3c(C(F)(F)F)cccc23)c1.O=C(c1cccnc1)N1CCCC[C@@H]1[C@@H](O)c1cc(C(F)(F)F)nc2c(C(F)(F)F)cccc12.[I-]. The summed E-state index contributed by atoms with van der Waals surface area (Å²) in [7, 11) is 1.72. The number of fused-ring (bicyclic) bond motifs is 2. The Morgan fingerprint density at radius 2 is 1.06 bits per heavy atom. The minimum atomic E-state index is -5.04. The molecule has 2 saturated heterocycles. The Labute approximate surface area is 434 Å². The lowest BCUT2D eigenvalue weighted by Gasteiger charge is -2.39. The number of benzene rings is 2. The molecule has 4 atom stereocenters. The van der Waals surface area contributed by atoms with E-state index < -0.39 is 94.4 Å². The summed E-state index contributed by atoms with van der Waals surface area (Å²) >= 11 is 2.15. The maximum absolute atomic E-state index is 13.6. The van der Waals surface area contributed by atoms with Crippen molar-refractivity contribution >= 4 is 56.2 Å². The Balaban J connectivity index is 0.000000255. The molecule has 6 heterocycles. The molecule has 0 unspecified atom stereocenters. The zero-order valence-electron chi connectivity index (χ0n) is 37.9. The molecule has 2 aliphatic heterocycles. The van der Waals surface area contributed by atoms with Gasteiger partial charge in [-0.05, 0) is 97.0 Å². The van der Waals surface area contributed by atoms with Crippen molar-refractivity contribution in [1.82, 2.24) is 24.8 Å². The van der Waals surface area contributed by atoms with Gasteiger partial charge in [0.25, 0.3) is 11.8 Å². The van der Waals surface area contributed by atoms with Gasteiger partial charge in [-0.2, -0.15) is 52.7 Å². The number of carbonyl (C=O) groups excluding carboxylic acids is 2. The maximum Gasteiger partial charge on any atom is 0.433 e. The molecule has 24 heteroatoms. The number of alkyl halides is 13. The molecule has 2 amide bonds. The van der Waals surface area contributed by atoms with Gasteiger partial charge in [0.15, 0.2) is 12.4 Å². The quantitative estimate of drug-likeness (QED) is 0.0746. The summed E-state index contributed by atoms with van der Waals surface area (Å²) in [5.41, 5.74) is -7.71. The molecule has 0 radical (unpaired) electrons. The Hall–Kier alpha value is -4.96. The molecule has 2 aromatic carbocycles. The van der Waals surface area contributed by atoms with Crippen molar-refractivity contribution in [3.63, 3.8) is 0 Å². The van der Waals surface area contributed by atoms with E-state index >= 15 is 0 Å². The number of aryl methyl sites for hydroxylation is 1. The first kappa shape index (κ1) is 57.9. The van der Waals surface area contributed by atoms with Crippen LogP contribution in [0.5, 0.6) is 0 Å². The Bertz CT molecular complexity index is 2850. The second-order valence-electron chi connectivity index (χ2n) is 16.6. The normalized spacial score (nSPS) is 17.5. The highest BCUT2D eigenvalue weighted by molar-refractivity contribution is 14.1. The predicted octanol–water partition coefficient (Wildman–Crippen LogP) is 8.28. The van der Waals surface area contributed by atoms with Crippen molar-refractivity contribution in [3.05, 3.63) is 142 Å². The summed E-state index contributed by atoms with van der Waals surface area (Å²) in [6.45, 7) is 0.487. The van der Waals surface area contributed by atoms with E-state index in [0.29, 0.717) is 55.5 Å². The second kappa shape index (κ2) is 23.5. The number of likely N-dealkylation sites (tertiary alicyclic amines) is 2. The van der Waals surface area contributed by atoms with Crippen LogP contribution in [0.1, 0.15) is 105 Å². The van der Waals surface area contributed by atoms with Gasteiger partial charge >= 0.3 is 24.7 Å². The Morgan fingerprint density at radius 3 is 1.44 bits per heavy atom. The van der Waals surface area contributed by atoms with Gasteiger partial charge in [-0.3, -0.25) is 14.6 Å². The number of amides is 2. The predicted molar refractivity (Wildman–Crippen MR) is 243 cm³/mol. The molecule has 2 fully saturated rings. The van der Waals surface area contributed by atoms with Crippen molar-refractivity contribution in [2.45, 2.75) is 87.5 Å². The van der Waals surface area contributed by atoms with Crippen LogP contribution < -0.4 is 28.5 Å². The number of rotatable bonds is 6. The van der Waals surface area contributed by atoms with Crippen LogP contribution >= 0.6 is 22.6 Å². The van der Waals surface area contributed by atoms with Crippen molar-refractivity contribution in [3.8, 4) is 0 Å². The summed E-state index contributed by atoms with van der Waals surface area (Å²) in [5, 5.41) is 22.0. The molecule has 6 aromatic rings. The first-order chi connectivity index (χ1) is 33.4. The van der Waals surface area contributed by atoms with Gasteiger partial charge in [0.05, 0.1) is 39.8 Å². The van der Waals surface area contributed by atoms with Crippen LogP contribution in [0, 0.1) is 0 Å². The van der Waals surface area contributed by atoms with Crippen LogP contribution in [-0.2, 0) is 31.8 Å². The van der Waals surface area contributed by atoms with E-state index in [9.17, 15) is 72.5 Å². The van der Waals surface area contributed by atoms with Crippen LogP contribution in [0.4, 0.5) is 52.7 Å². The minimum Gasteiger partial charge on any atom is -1.00 e. The topological polar surface area (TPSA) is 124 Å². The molecular weight excluding hydrogens is 1210 g/mol. The number of piperidine rings is 2. The molecule has 388 valence electrons. The molecule has 0 spiro atoms. The number of nitrogens with zero attached hydrogens (tertiary/aromatic N) is 6. The molecular formula is C48H44F12I2N6O4. The Kier molecular flexibility index (Phi) is 18.9. The van der Waals surface area contributed by atoms with Crippen molar-refractivity contribution in [2.75, 3.05) is 18.0 Å². The number of hydrogen-bond acceptors (Lipinski definition) is 7. The highest BCUT2D eigenvalue weighted by Crippen LogP contribution is 2.43. The summed E-state index contributed by atoms with van der Waals surface area (Å²) in [5.74, 6) is -0.891. The maximum atomic E-state index is 13.6. The lowest BCUT2D eigenvalue weighted by molar-refractivity contribution is -0.671. The molecule has 2 aliphatic rings. The van der Waals surface area contributed by atoms with Crippen LogP contribution in [-0.4, -0.2) is 76.9 Å².